The second kappa shape index (κ2) is 6.04. The molecule has 0 saturated carbocycles. The van der Waals surface area contributed by atoms with Crippen molar-refractivity contribution in [3.8, 4) is 0 Å². The lowest BCUT2D eigenvalue weighted by molar-refractivity contribution is 0.594. The van der Waals surface area contributed by atoms with Crippen molar-refractivity contribution in [2.75, 3.05) is 17.1 Å². The Balaban J connectivity index is 2.52. The van der Waals surface area contributed by atoms with E-state index in [1.165, 1.54) is 25.2 Å². The van der Waals surface area contributed by atoms with Gasteiger partial charge in [0.15, 0.2) is 0 Å². The summed E-state index contributed by atoms with van der Waals surface area (Å²) in [7, 11) is -2.38. The van der Waals surface area contributed by atoms with Crippen LogP contribution in [-0.4, -0.2) is 15.5 Å². The molecule has 0 aliphatic carbocycles. The Hall–Kier alpha value is -0.950. The fourth-order valence-electron chi connectivity index (χ4n) is 1.78. The second-order valence-electron chi connectivity index (χ2n) is 4.28. The van der Waals surface area contributed by atoms with Gasteiger partial charge in [-0.3, -0.25) is 4.31 Å². The summed E-state index contributed by atoms with van der Waals surface area (Å²) < 4.78 is 27.1. The molecule has 2 aromatic carbocycles. The van der Waals surface area contributed by atoms with E-state index in [0.29, 0.717) is 11.4 Å². The fourth-order valence-corrected chi connectivity index (χ4v) is 4.10. The van der Waals surface area contributed by atoms with E-state index in [9.17, 15) is 8.42 Å². The van der Waals surface area contributed by atoms with Gasteiger partial charge in [0, 0.05) is 21.6 Å². The number of sulfonamides is 1. The van der Waals surface area contributed by atoms with E-state index in [2.05, 4.69) is 15.9 Å². The van der Waals surface area contributed by atoms with Crippen molar-refractivity contribution in [1.82, 2.24) is 0 Å². The van der Waals surface area contributed by atoms with Crippen LogP contribution in [0.2, 0.25) is 10.0 Å². The molecule has 0 unspecified atom stereocenters. The first kappa shape index (κ1) is 16.4. The zero-order valence-corrected chi connectivity index (χ0v) is 14.8. The molecule has 0 saturated heterocycles. The molecule has 0 aromatic heterocycles. The highest BCUT2D eigenvalue weighted by Gasteiger charge is 2.23. The summed E-state index contributed by atoms with van der Waals surface area (Å²) in [6.45, 7) is 0. The zero-order chi connectivity index (χ0) is 15.8. The monoisotopic (exact) mass is 408 g/mol. The Morgan fingerprint density at radius 2 is 1.67 bits per heavy atom. The quantitative estimate of drug-likeness (QED) is 0.774. The summed E-state index contributed by atoms with van der Waals surface area (Å²) in [5.41, 5.74) is 6.57. The Kier molecular flexibility index (Phi) is 4.72. The highest BCUT2D eigenvalue weighted by atomic mass is 79.9. The fraction of sp³-hybridized carbons (Fsp3) is 0.0769. The molecule has 0 spiro atoms. The highest BCUT2D eigenvalue weighted by molar-refractivity contribution is 9.10. The molecule has 0 aliphatic heterocycles. The molecule has 0 atom stereocenters. The third-order valence-corrected chi connectivity index (χ3v) is 5.50. The summed E-state index contributed by atoms with van der Waals surface area (Å²) in [5, 5.41) is 0.497. The van der Waals surface area contributed by atoms with E-state index in [0.717, 1.165) is 8.78 Å². The maximum absolute atomic E-state index is 12.6. The molecule has 2 aromatic rings. The first-order valence-corrected chi connectivity index (χ1v) is 8.71. The zero-order valence-electron chi connectivity index (χ0n) is 10.8. The predicted octanol–water partition coefficient (Wildman–Crippen LogP) is 4.16. The minimum atomic E-state index is -3.80. The van der Waals surface area contributed by atoms with Crippen LogP contribution in [0.1, 0.15) is 0 Å². The molecule has 0 amide bonds. The molecule has 4 nitrogen and oxygen atoms in total. The van der Waals surface area contributed by atoms with Crippen molar-refractivity contribution in [3.05, 3.63) is 50.9 Å². The topological polar surface area (TPSA) is 63.4 Å². The Bertz CT molecular complexity index is 777. The van der Waals surface area contributed by atoms with Crippen LogP contribution >= 0.6 is 39.1 Å². The van der Waals surface area contributed by atoms with Gasteiger partial charge in [-0.25, -0.2) is 8.42 Å². The SMILES string of the molecule is CN(c1ccc(Br)cc1N)S(=O)(=O)c1cc(Cl)cc(Cl)c1. The Morgan fingerprint density at radius 3 is 2.19 bits per heavy atom. The van der Waals surface area contributed by atoms with Gasteiger partial charge in [0.1, 0.15) is 0 Å². The Labute approximate surface area is 141 Å². The van der Waals surface area contributed by atoms with Crippen molar-refractivity contribution < 1.29 is 8.42 Å². The van der Waals surface area contributed by atoms with Gasteiger partial charge in [0.25, 0.3) is 10.0 Å². The number of nitrogen functional groups attached to an aromatic ring is 1. The summed E-state index contributed by atoms with van der Waals surface area (Å²) in [6.07, 6.45) is 0. The largest absolute Gasteiger partial charge is 0.397 e. The summed E-state index contributed by atoms with van der Waals surface area (Å²) in [6, 6.07) is 9.11. The van der Waals surface area contributed by atoms with Gasteiger partial charge < -0.3 is 5.73 Å². The minimum Gasteiger partial charge on any atom is -0.397 e. The average molecular weight is 410 g/mol. The first-order chi connectivity index (χ1) is 9.71. The van der Waals surface area contributed by atoms with Crippen molar-refractivity contribution in [1.29, 1.82) is 0 Å². The number of nitrogens with zero attached hydrogens (tertiary/aromatic N) is 1. The van der Waals surface area contributed by atoms with Crippen molar-refractivity contribution in [2.45, 2.75) is 4.90 Å². The third kappa shape index (κ3) is 3.45. The Morgan fingerprint density at radius 1 is 1.10 bits per heavy atom. The van der Waals surface area contributed by atoms with Crippen LogP contribution in [0.5, 0.6) is 0 Å². The molecule has 21 heavy (non-hydrogen) atoms. The van der Waals surface area contributed by atoms with E-state index >= 15 is 0 Å². The molecule has 112 valence electrons. The summed E-state index contributed by atoms with van der Waals surface area (Å²) >= 11 is 15.0. The lowest BCUT2D eigenvalue weighted by Gasteiger charge is -2.21. The van der Waals surface area contributed by atoms with Gasteiger partial charge in [0.2, 0.25) is 0 Å². The van der Waals surface area contributed by atoms with E-state index in [1.54, 1.807) is 18.2 Å². The van der Waals surface area contributed by atoms with Crippen molar-refractivity contribution in [3.63, 3.8) is 0 Å². The van der Waals surface area contributed by atoms with Crippen LogP contribution < -0.4 is 10.0 Å². The van der Waals surface area contributed by atoms with E-state index in [-0.39, 0.29) is 14.9 Å². The van der Waals surface area contributed by atoms with Crippen LogP contribution in [0.25, 0.3) is 0 Å². The normalized spacial score (nSPS) is 11.4. The number of rotatable bonds is 3. The van der Waals surface area contributed by atoms with Crippen LogP contribution in [-0.2, 0) is 10.0 Å². The van der Waals surface area contributed by atoms with E-state index in [1.807, 2.05) is 0 Å². The molecular weight excluding hydrogens is 399 g/mol. The number of hydrogen-bond donors (Lipinski definition) is 1. The molecule has 0 bridgehead atoms. The van der Waals surface area contributed by atoms with Crippen molar-refractivity contribution >= 4 is 60.5 Å². The van der Waals surface area contributed by atoms with Gasteiger partial charge in [-0.1, -0.05) is 39.1 Å². The van der Waals surface area contributed by atoms with Crippen LogP contribution in [0.15, 0.2) is 45.8 Å². The van der Waals surface area contributed by atoms with Gasteiger partial charge in [-0.2, -0.15) is 0 Å². The summed E-state index contributed by atoms with van der Waals surface area (Å²) in [4.78, 5) is 0.00446. The lowest BCUT2D eigenvalue weighted by atomic mass is 10.3. The number of benzene rings is 2. The number of nitrogens with two attached hydrogens (primary N) is 1. The number of hydrogen-bond acceptors (Lipinski definition) is 3. The summed E-state index contributed by atoms with van der Waals surface area (Å²) in [5.74, 6) is 0. The average Bonchev–Trinajstić information content (AvgIpc) is 2.36. The second-order valence-corrected chi connectivity index (χ2v) is 8.04. The van der Waals surface area contributed by atoms with Crippen molar-refractivity contribution in [2.24, 2.45) is 0 Å². The van der Waals surface area contributed by atoms with Gasteiger partial charge in [0.05, 0.1) is 16.3 Å². The molecule has 0 heterocycles. The van der Waals surface area contributed by atoms with E-state index < -0.39 is 10.0 Å². The standard InChI is InChI=1S/C13H11BrCl2N2O2S/c1-18(13-3-2-8(14)4-12(13)17)21(19,20)11-6-9(15)5-10(16)7-11/h2-7H,17H2,1H3. The molecule has 0 aliphatic rings. The van der Waals surface area contributed by atoms with E-state index in [4.69, 9.17) is 28.9 Å². The lowest BCUT2D eigenvalue weighted by Crippen LogP contribution is -2.27. The van der Waals surface area contributed by atoms with Gasteiger partial charge >= 0.3 is 0 Å². The molecule has 0 fully saturated rings. The van der Waals surface area contributed by atoms with Crippen LogP contribution in [0.3, 0.4) is 0 Å². The smallest absolute Gasteiger partial charge is 0.264 e. The maximum atomic E-state index is 12.6. The van der Waals surface area contributed by atoms with Gasteiger partial charge in [-0.05, 0) is 36.4 Å². The third-order valence-electron chi connectivity index (χ3n) is 2.82. The molecule has 2 rings (SSSR count). The molecule has 0 radical (unpaired) electrons. The predicted molar refractivity (Wildman–Crippen MR) is 90.6 cm³/mol. The highest BCUT2D eigenvalue weighted by Crippen LogP contribution is 2.31. The maximum Gasteiger partial charge on any atom is 0.264 e. The van der Waals surface area contributed by atoms with Crippen LogP contribution in [0, 0.1) is 0 Å². The van der Waals surface area contributed by atoms with Gasteiger partial charge in [-0.15, -0.1) is 0 Å². The first-order valence-electron chi connectivity index (χ1n) is 5.72. The minimum absolute atomic E-state index is 0.00446. The molecule has 8 heteroatoms. The number of halogens is 3. The molecule has 2 N–H and O–H groups in total. The van der Waals surface area contributed by atoms with Crippen LogP contribution in [0.4, 0.5) is 11.4 Å². The molecular formula is C13H11BrCl2N2O2S. The number of anilines is 2.